The number of hydrogen-bond acceptors (Lipinski definition) is 5. The molecule has 0 radical (unpaired) electrons. The third-order valence-electron chi connectivity index (χ3n) is 5.40. The van der Waals surface area contributed by atoms with Crippen LogP contribution >= 0.6 is 11.3 Å². The van der Waals surface area contributed by atoms with Gasteiger partial charge in [0.1, 0.15) is 16.4 Å². The molecule has 1 aliphatic rings. The summed E-state index contributed by atoms with van der Waals surface area (Å²) in [5.74, 6) is 1.73. The number of fused-ring (bicyclic) bond motifs is 3. The molecule has 2 aromatic heterocycles. The van der Waals surface area contributed by atoms with Crippen molar-refractivity contribution in [3.05, 3.63) is 56.4 Å². The van der Waals surface area contributed by atoms with Crippen molar-refractivity contribution in [2.45, 2.75) is 52.1 Å². The molecular weight excluding hydrogens is 382 g/mol. The maximum absolute atomic E-state index is 13.4. The minimum Gasteiger partial charge on any atom is -0.494 e. The van der Waals surface area contributed by atoms with Crippen LogP contribution in [0.2, 0.25) is 0 Å². The van der Waals surface area contributed by atoms with Crippen LogP contribution in [0.3, 0.4) is 0 Å². The highest BCUT2D eigenvalue weighted by Crippen LogP contribution is 2.33. The zero-order chi connectivity index (χ0) is 20.4. The Morgan fingerprint density at radius 2 is 2.07 bits per heavy atom. The standard InChI is InChI=1S/C23H29N3O2S/c1-16-8-6-9-17(14-16)28-13-7-12-26-20(15-25(2)3)24-22-21(23(26)27)18-10-4-5-11-19(18)29-22/h6,8-9,14H,4-5,7,10-13,15H2,1-3H3. The monoisotopic (exact) mass is 411 g/mol. The second kappa shape index (κ2) is 8.67. The largest absolute Gasteiger partial charge is 0.494 e. The number of hydrogen-bond donors (Lipinski definition) is 0. The van der Waals surface area contributed by atoms with E-state index in [2.05, 4.69) is 17.9 Å². The molecule has 5 nitrogen and oxygen atoms in total. The number of nitrogens with zero attached hydrogens (tertiary/aromatic N) is 3. The van der Waals surface area contributed by atoms with Crippen molar-refractivity contribution in [3.8, 4) is 5.75 Å². The van der Waals surface area contributed by atoms with E-state index in [0.717, 1.165) is 41.1 Å². The highest BCUT2D eigenvalue weighted by atomic mass is 32.1. The Kier molecular flexibility index (Phi) is 6.01. The van der Waals surface area contributed by atoms with E-state index in [9.17, 15) is 4.79 Å². The molecule has 0 fully saturated rings. The quantitative estimate of drug-likeness (QED) is 0.547. The minimum atomic E-state index is 0.127. The molecule has 1 aromatic carbocycles. The Hall–Kier alpha value is -2.18. The van der Waals surface area contributed by atoms with Crippen LogP contribution in [-0.4, -0.2) is 35.2 Å². The Labute approximate surface area is 176 Å². The lowest BCUT2D eigenvalue weighted by atomic mass is 9.97. The van der Waals surface area contributed by atoms with Crippen molar-refractivity contribution >= 4 is 21.6 Å². The van der Waals surface area contributed by atoms with Gasteiger partial charge in [0.05, 0.1) is 18.5 Å². The molecule has 29 heavy (non-hydrogen) atoms. The first-order valence-corrected chi connectivity index (χ1v) is 11.2. The molecule has 0 saturated carbocycles. The molecule has 2 heterocycles. The Bertz CT molecular complexity index is 1070. The van der Waals surface area contributed by atoms with Gasteiger partial charge in [-0.05, 0) is 76.4 Å². The Balaban J connectivity index is 1.59. The van der Waals surface area contributed by atoms with Crippen LogP contribution in [0.15, 0.2) is 29.1 Å². The summed E-state index contributed by atoms with van der Waals surface area (Å²) in [5, 5.41) is 0.867. The van der Waals surface area contributed by atoms with Crippen LogP contribution < -0.4 is 10.3 Å². The predicted molar refractivity (Wildman–Crippen MR) is 119 cm³/mol. The average Bonchev–Trinajstić information content (AvgIpc) is 3.05. The van der Waals surface area contributed by atoms with Gasteiger partial charge in [0.15, 0.2) is 0 Å². The molecule has 0 N–H and O–H groups in total. The van der Waals surface area contributed by atoms with Gasteiger partial charge in [-0.25, -0.2) is 4.98 Å². The van der Waals surface area contributed by atoms with Crippen molar-refractivity contribution in [2.75, 3.05) is 20.7 Å². The molecule has 6 heteroatoms. The molecule has 3 aromatic rings. The molecule has 0 amide bonds. The molecule has 0 bridgehead atoms. The van der Waals surface area contributed by atoms with E-state index >= 15 is 0 Å². The summed E-state index contributed by atoms with van der Waals surface area (Å²) in [5.41, 5.74) is 2.57. The van der Waals surface area contributed by atoms with Crippen molar-refractivity contribution in [1.82, 2.24) is 14.5 Å². The van der Waals surface area contributed by atoms with Crippen LogP contribution in [0.5, 0.6) is 5.75 Å². The fourth-order valence-corrected chi connectivity index (χ4v) is 5.30. The lowest BCUT2D eigenvalue weighted by Crippen LogP contribution is -2.29. The average molecular weight is 412 g/mol. The van der Waals surface area contributed by atoms with Gasteiger partial charge in [-0.1, -0.05) is 12.1 Å². The van der Waals surface area contributed by atoms with E-state index in [0.29, 0.717) is 19.7 Å². The molecule has 0 saturated heterocycles. The lowest BCUT2D eigenvalue weighted by molar-refractivity contribution is 0.296. The lowest BCUT2D eigenvalue weighted by Gasteiger charge is -2.16. The van der Waals surface area contributed by atoms with E-state index in [1.165, 1.54) is 28.8 Å². The fraction of sp³-hybridized carbons (Fsp3) is 0.478. The second-order valence-electron chi connectivity index (χ2n) is 8.13. The van der Waals surface area contributed by atoms with E-state index in [4.69, 9.17) is 9.72 Å². The van der Waals surface area contributed by atoms with Crippen LogP contribution in [0.4, 0.5) is 0 Å². The van der Waals surface area contributed by atoms with Gasteiger partial charge in [0, 0.05) is 11.4 Å². The van der Waals surface area contributed by atoms with Gasteiger partial charge in [0.25, 0.3) is 5.56 Å². The third kappa shape index (κ3) is 4.38. The number of aryl methyl sites for hydroxylation is 3. The van der Waals surface area contributed by atoms with Gasteiger partial charge >= 0.3 is 0 Å². The summed E-state index contributed by atoms with van der Waals surface area (Å²) in [6.45, 7) is 3.92. The van der Waals surface area contributed by atoms with E-state index < -0.39 is 0 Å². The van der Waals surface area contributed by atoms with Gasteiger partial charge in [-0.3, -0.25) is 9.36 Å². The molecule has 0 aliphatic heterocycles. The summed E-state index contributed by atoms with van der Waals surface area (Å²) in [6, 6.07) is 8.07. The van der Waals surface area contributed by atoms with Gasteiger partial charge < -0.3 is 9.64 Å². The van der Waals surface area contributed by atoms with Crippen molar-refractivity contribution in [3.63, 3.8) is 0 Å². The van der Waals surface area contributed by atoms with Crippen LogP contribution in [0.1, 0.15) is 41.1 Å². The summed E-state index contributed by atoms with van der Waals surface area (Å²) in [6.07, 6.45) is 5.25. The zero-order valence-corrected chi connectivity index (χ0v) is 18.3. The topological polar surface area (TPSA) is 47.4 Å². The number of benzene rings is 1. The van der Waals surface area contributed by atoms with Crippen LogP contribution in [-0.2, 0) is 25.9 Å². The summed E-state index contributed by atoms with van der Waals surface area (Å²) < 4.78 is 7.77. The number of ether oxygens (including phenoxy) is 1. The SMILES string of the molecule is Cc1cccc(OCCCn2c(CN(C)C)nc3sc4c(c3c2=O)CCCC4)c1. The van der Waals surface area contributed by atoms with Crippen molar-refractivity contribution in [1.29, 1.82) is 0 Å². The van der Waals surface area contributed by atoms with Crippen molar-refractivity contribution < 1.29 is 4.74 Å². The fourth-order valence-electron chi connectivity index (χ4n) is 4.03. The second-order valence-corrected chi connectivity index (χ2v) is 9.22. The summed E-state index contributed by atoms with van der Waals surface area (Å²) >= 11 is 1.72. The molecule has 154 valence electrons. The maximum Gasteiger partial charge on any atom is 0.262 e. The zero-order valence-electron chi connectivity index (χ0n) is 17.5. The summed E-state index contributed by atoms with van der Waals surface area (Å²) in [7, 11) is 4.03. The smallest absolute Gasteiger partial charge is 0.262 e. The molecule has 0 unspecified atom stereocenters. The molecule has 0 spiro atoms. The third-order valence-corrected chi connectivity index (χ3v) is 6.58. The number of aromatic nitrogens is 2. The Morgan fingerprint density at radius 3 is 2.86 bits per heavy atom. The molecule has 0 atom stereocenters. The van der Waals surface area contributed by atoms with E-state index in [1.54, 1.807) is 11.3 Å². The van der Waals surface area contributed by atoms with E-state index in [-0.39, 0.29) is 5.56 Å². The van der Waals surface area contributed by atoms with Crippen LogP contribution in [0.25, 0.3) is 10.2 Å². The maximum atomic E-state index is 13.4. The van der Waals surface area contributed by atoms with Gasteiger partial charge in [-0.2, -0.15) is 0 Å². The van der Waals surface area contributed by atoms with Crippen molar-refractivity contribution in [2.24, 2.45) is 0 Å². The van der Waals surface area contributed by atoms with Gasteiger partial charge in [-0.15, -0.1) is 11.3 Å². The summed E-state index contributed by atoms with van der Waals surface area (Å²) in [4.78, 5) is 22.7. The highest BCUT2D eigenvalue weighted by molar-refractivity contribution is 7.18. The molecular formula is C23H29N3O2S. The van der Waals surface area contributed by atoms with Gasteiger partial charge in [0.2, 0.25) is 0 Å². The Morgan fingerprint density at radius 1 is 1.24 bits per heavy atom. The van der Waals surface area contributed by atoms with E-state index in [1.807, 2.05) is 36.9 Å². The first-order chi connectivity index (χ1) is 14.0. The first-order valence-electron chi connectivity index (χ1n) is 10.4. The first kappa shape index (κ1) is 20.1. The van der Waals surface area contributed by atoms with Crippen LogP contribution in [0, 0.1) is 6.92 Å². The number of rotatable bonds is 7. The normalized spacial score (nSPS) is 13.8. The predicted octanol–water partition coefficient (Wildman–Crippen LogP) is 4.18. The molecule has 4 rings (SSSR count). The highest BCUT2D eigenvalue weighted by Gasteiger charge is 2.22. The molecule has 1 aliphatic carbocycles. The number of thiophene rings is 1. The minimum absolute atomic E-state index is 0.127.